The number of aromatic hydroxyl groups is 1. The summed E-state index contributed by atoms with van der Waals surface area (Å²) < 4.78 is 18.2. The first-order chi connectivity index (χ1) is 12.5. The Balaban J connectivity index is 2.08. The summed E-state index contributed by atoms with van der Waals surface area (Å²) in [5.41, 5.74) is 0.687. The molecule has 0 spiro atoms. The molecule has 0 radical (unpaired) electrons. The van der Waals surface area contributed by atoms with Gasteiger partial charge < -0.3 is 14.9 Å². The van der Waals surface area contributed by atoms with Crippen LogP contribution in [0.15, 0.2) is 69.8 Å². The molecule has 0 amide bonds. The predicted molar refractivity (Wildman–Crippen MR) is 98.8 cm³/mol. The van der Waals surface area contributed by atoms with Gasteiger partial charge in [-0.1, -0.05) is 42.1 Å². The zero-order valence-corrected chi connectivity index (χ0v) is 14.5. The van der Waals surface area contributed by atoms with Gasteiger partial charge in [-0.3, -0.25) is 0 Å². The van der Waals surface area contributed by atoms with Gasteiger partial charge in [-0.05, 0) is 24.3 Å². The number of carbonyl (C=O) groups excluding carboxylic acids is 1. The predicted octanol–water partition coefficient (Wildman–Crippen LogP) is 4.33. The Hall–Kier alpha value is -3.06. The van der Waals surface area contributed by atoms with Gasteiger partial charge in [0.2, 0.25) is 0 Å². The first-order valence-electron chi connectivity index (χ1n) is 7.54. The van der Waals surface area contributed by atoms with Gasteiger partial charge in [0, 0.05) is 5.56 Å². The maximum absolute atomic E-state index is 13.5. The zero-order chi connectivity index (χ0) is 18.7. The molecule has 0 aromatic heterocycles. The molecule has 0 fully saturated rings. The molecule has 2 aromatic carbocycles. The van der Waals surface area contributed by atoms with E-state index in [0.29, 0.717) is 5.69 Å². The van der Waals surface area contributed by atoms with Crippen LogP contribution >= 0.6 is 11.8 Å². The fraction of sp³-hybridized carbons (Fsp3) is 0.0526. The summed E-state index contributed by atoms with van der Waals surface area (Å²) in [5.74, 6) is -2.39. The largest absolute Gasteiger partial charge is 0.506 e. The second kappa shape index (κ2) is 7.45. The Morgan fingerprint density at radius 2 is 1.88 bits per heavy atom. The summed E-state index contributed by atoms with van der Waals surface area (Å²) in [6.07, 6.45) is 1.38. The Morgan fingerprint density at radius 3 is 2.58 bits per heavy atom. The van der Waals surface area contributed by atoms with E-state index >= 15 is 0 Å². The van der Waals surface area contributed by atoms with Gasteiger partial charge in [0.15, 0.2) is 11.6 Å². The fourth-order valence-corrected chi connectivity index (χ4v) is 3.33. The lowest BCUT2D eigenvalue weighted by molar-refractivity contribution is -0.135. The number of phenols is 1. The number of carbonyl (C=O) groups is 1. The number of para-hydroxylation sites is 2. The van der Waals surface area contributed by atoms with Crippen LogP contribution < -0.4 is 0 Å². The maximum Gasteiger partial charge on any atom is 0.344 e. The summed E-state index contributed by atoms with van der Waals surface area (Å²) in [5, 5.41) is 20.5. The molecule has 0 unspecified atom stereocenters. The quantitative estimate of drug-likeness (QED) is 0.785. The van der Waals surface area contributed by atoms with E-state index in [1.165, 1.54) is 25.3 Å². The molecule has 2 N–H and O–H groups in total. The number of nitrogens with zero attached hydrogens (tertiary/aromatic N) is 1. The van der Waals surface area contributed by atoms with Crippen molar-refractivity contribution in [2.75, 3.05) is 7.11 Å². The molecule has 2 aromatic rings. The van der Waals surface area contributed by atoms with Crippen molar-refractivity contribution in [2.45, 2.75) is 0 Å². The minimum absolute atomic E-state index is 0.0801. The third-order valence-corrected chi connectivity index (χ3v) is 4.59. The molecule has 3 rings (SSSR count). The number of phenolic OH excluding ortho intramolecular Hbond substituents is 1. The van der Waals surface area contributed by atoms with Crippen LogP contribution in [0.25, 0.3) is 6.08 Å². The molecule has 1 aliphatic rings. The van der Waals surface area contributed by atoms with Gasteiger partial charge in [-0.25, -0.2) is 14.2 Å². The highest BCUT2D eigenvalue weighted by Crippen LogP contribution is 2.41. The minimum Gasteiger partial charge on any atom is -0.506 e. The number of aliphatic imine (C=N–C) groups is 1. The lowest BCUT2D eigenvalue weighted by atomic mass is 10.1. The third-order valence-electron chi connectivity index (χ3n) is 3.57. The number of methoxy groups -OCH3 is 1. The van der Waals surface area contributed by atoms with Crippen LogP contribution in [-0.4, -0.2) is 28.3 Å². The summed E-state index contributed by atoms with van der Waals surface area (Å²) in [6, 6.07) is 13.0. The number of hydrogen-bond acceptors (Lipinski definition) is 6. The van der Waals surface area contributed by atoms with E-state index < -0.39 is 17.5 Å². The van der Waals surface area contributed by atoms with E-state index in [1.54, 1.807) is 24.3 Å². The summed E-state index contributed by atoms with van der Waals surface area (Å²) in [4.78, 5) is 16.7. The van der Waals surface area contributed by atoms with Crippen molar-refractivity contribution >= 4 is 34.5 Å². The molecular formula is C19H14FNO4S. The van der Waals surface area contributed by atoms with Crippen molar-refractivity contribution in [3.05, 3.63) is 76.1 Å². The first kappa shape index (κ1) is 17.8. The average molecular weight is 371 g/mol. The topological polar surface area (TPSA) is 79.1 Å². The molecular weight excluding hydrogens is 357 g/mol. The van der Waals surface area contributed by atoms with Crippen LogP contribution in [0.5, 0.6) is 5.75 Å². The molecule has 132 valence electrons. The van der Waals surface area contributed by atoms with Crippen molar-refractivity contribution in [1.82, 2.24) is 0 Å². The van der Waals surface area contributed by atoms with Crippen molar-refractivity contribution in [3.8, 4) is 5.75 Å². The van der Waals surface area contributed by atoms with Crippen molar-refractivity contribution in [3.63, 3.8) is 0 Å². The minimum atomic E-state index is -0.780. The lowest BCUT2D eigenvalue weighted by Crippen LogP contribution is -2.10. The highest BCUT2D eigenvalue weighted by molar-refractivity contribution is 8.18. The van der Waals surface area contributed by atoms with Crippen LogP contribution in [0.2, 0.25) is 0 Å². The average Bonchev–Trinajstić information content (AvgIpc) is 2.94. The normalized spacial score (nSPS) is 17.2. The molecule has 0 bridgehead atoms. The van der Waals surface area contributed by atoms with Crippen molar-refractivity contribution < 1.29 is 24.1 Å². The van der Waals surface area contributed by atoms with E-state index in [0.717, 1.165) is 17.8 Å². The lowest BCUT2D eigenvalue weighted by Gasteiger charge is -2.02. The SMILES string of the molecule is COC(=O)C1=C(O)C(=Cc2cccc(F)c2O)SC1=Nc1ccccc1. The number of hydrogen-bond donors (Lipinski definition) is 2. The summed E-state index contributed by atoms with van der Waals surface area (Å²) >= 11 is 1.03. The molecule has 7 heteroatoms. The molecule has 0 saturated heterocycles. The van der Waals surface area contributed by atoms with Gasteiger partial charge >= 0.3 is 5.97 Å². The molecule has 1 heterocycles. The van der Waals surface area contributed by atoms with Crippen LogP contribution in [0.1, 0.15) is 5.56 Å². The van der Waals surface area contributed by atoms with Gasteiger partial charge in [0.1, 0.15) is 16.4 Å². The number of aliphatic hydroxyl groups excluding tert-OH is 1. The number of aliphatic hydroxyl groups is 1. The Labute approximate surface area is 153 Å². The smallest absolute Gasteiger partial charge is 0.344 e. The number of halogens is 1. The van der Waals surface area contributed by atoms with E-state index in [4.69, 9.17) is 4.74 Å². The standard InChI is InChI=1S/C19H14FNO4S/c1-25-19(24)15-17(23)14(10-11-6-5-9-13(20)16(11)22)26-18(15)21-12-7-3-2-4-8-12/h2-10,22-23H,1H3. The fourth-order valence-electron chi connectivity index (χ4n) is 2.30. The van der Waals surface area contributed by atoms with Gasteiger partial charge in [-0.15, -0.1) is 0 Å². The molecule has 0 atom stereocenters. The number of rotatable bonds is 3. The molecule has 0 aliphatic carbocycles. The van der Waals surface area contributed by atoms with E-state index in [1.807, 2.05) is 6.07 Å². The Kier molecular flexibility index (Phi) is 5.09. The monoisotopic (exact) mass is 371 g/mol. The molecule has 5 nitrogen and oxygen atoms in total. The van der Waals surface area contributed by atoms with E-state index in [2.05, 4.69) is 4.99 Å². The Morgan fingerprint density at radius 1 is 1.15 bits per heavy atom. The second-order valence-electron chi connectivity index (χ2n) is 5.26. The number of ether oxygens (including phenoxy) is 1. The van der Waals surface area contributed by atoms with Crippen LogP contribution in [0.4, 0.5) is 10.1 Å². The first-order valence-corrected chi connectivity index (χ1v) is 8.36. The zero-order valence-electron chi connectivity index (χ0n) is 13.6. The van der Waals surface area contributed by atoms with Gasteiger partial charge in [0.25, 0.3) is 0 Å². The number of esters is 1. The van der Waals surface area contributed by atoms with Crippen molar-refractivity contribution in [2.24, 2.45) is 4.99 Å². The van der Waals surface area contributed by atoms with Crippen LogP contribution in [0, 0.1) is 5.82 Å². The molecule has 26 heavy (non-hydrogen) atoms. The highest BCUT2D eigenvalue weighted by Gasteiger charge is 2.33. The molecule has 0 saturated carbocycles. The van der Waals surface area contributed by atoms with Crippen LogP contribution in [0.3, 0.4) is 0 Å². The van der Waals surface area contributed by atoms with Crippen LogP contribution in [-0.2, 0) is 9.53 Å². The van der Waals surface area contributed by atoms with E-state index in [-0.39, 0.29) is 26.8 Å². The third kappa shape index (κ3) is 3.48. The Bertz CT molecular complexity index is 951. The van der Waals surface area contributed by atoms with Gasteiger partial charge in [-0.2, -0.15) is 0 Å². The van der Waals surface area contributed by atoms with Crippen molar-refractivity contribution in [1.29, 1.82) is 0 Å². The number of thioether (sulfide) groups is 1. The van der Waals surface area contributed by atoms with E-state index in [9.17, 15) is 19.4 Å². The highest BCUT2D eigenvalue weighted by atomic mass is 32.2. The van der Waals surface area contributed by atoms with Gasteiger partial charge in [0.05, 0.1) is 17.7 Å². The summed E-state index contributed by atoms with van der Waals surface area (Å²) in [6.45, 7) is 0. The summed E-state index contributed by atoms with van der Waals surface area (Å²) in [7, 11) is 1.20. The maximum atomic E-state index is 13.5. The molecule has 1 aliphatic heterocycles. The number of benzene rings is 2. The second-order valence-corrected chi connectivity index (χ2v) is 6.29.